The van der Waals surface area contributed by atoms with Gasteiger partial charge in [0.15, 0.2) is 0 Å². The highest BCUT2D eigenvalue weighted by Gasteiger charge is 2.20. The van der Waals surface area contributed by atoms with Gasteiger partial charge in [-0.1, -0.05) is 65.3 Å². The van der Waals surface area contributed by atoms with E-state index in [2.05, 4.69) is 0 Å². The first-order valence-corrected chi connectivity index (χ1v) is 9.03. The Morgan fingerprint density at radius 2 is 1.46 bits per heavy atom. The Balaban J connectivity index is 2.11. The van der Waals surface area contributed by atoms with E-state index in [1.165, 1.54) is 11.8 Å². The van der Waals surface area contributed by atoms with Gasteiger partial charge in [0.1, 0.15) is 29.2 Å². The molecule has 0 saturated heterocycles. The van der Waals surface area contributed by atoms with E-state index in [9.17, 15) is 10.5 Å². The fourth-order valence-corrected chi connectivity index (χ4v) is 3.71. The van der Waals surface area contributed by atoms with Crippen molar-refractivity contribution >= 4 is 35.0 Å². The molecule has 0 bridgehead atoms. The van der Waals surface area contributed by atoms with Crippen LogP contribution < -0.4 is 4.74 Å². The SMILES string of the molecule is N#Cc1c(Oc2ccccc2)cc(Sc2ccccc2Cl)c(Cl)c1C#N. The number of nitrogens with zero attached hydrogens (tertiary/aromatic N) is 2. The first kappa shape index (κ1) is 18.2. The minimum atomic E-state index is 0.0807. The molecule has 6 heteroatoms. The Morgan fingerprint density at radius 1 is 0.808 bits per heavy atom. The summed E-state index contributed by atoms with van der Waals surface area (Å²) in [6.45, 7) is 0. The Hall–Kier alpha value is -2.63. The van der Waals surface area contributed by atoms with Crippen LogP contribution in [0.4, 0.5) is 0 Å². The minimum absolute atomic E-state index is 0.0807. The first-order chi connectivity index (χ1) is 12.6. The fourth-order valence-electron chi connectivity index (χ4n) is 2.24. The molecule has 0 aliphatic heterocycles. The topological polar surface area (TPSA) is 56.8 Å². The Kier molecular flexibility index (Phi) is 5.71. The number of ether oxygens (including phenoxy) is 1. The molecule has 0 aliphatic rings. The van der Waals surface area contributed by atoms with Crippen LogP contribution in [0.15, 0.2) is 70.5 Å². The third kappa shape index (κ3) is 3.79. The Labute approximate surface area is 165 Å². The molecule has 126 valence electrons. The molecule has 3 aromatic rings. The van der Waals surface area contributed by atoms with Crippen molar-refractivity contribution in [1.29, 1.82) is 10.5 Å². The number of halogens is 2. The van der Waals surface area contributed by atoms with Crippen molar-refractivity contribution in [2.45, 2.75) is 9.79 Å². The van der Waals surface area contributed by atoms with Crippen molar-refractivity contribution in [3.63, 3.8) is 0 Å². The molecule has 0 fully saturated rings. The summed E-state index contributed by atoms with van der Waals surface area (Å²) in [7, 11) is 0. The smallest absolute Gasteiger partial charge is 0.147 e. The lowest BCUT2D eigenvalue weighted by molar-refractivity contribution is 0.479. The predicted octanol–water partition coefficient (Wildman–Crippen LogP) is 6.68. The van der Waals surface area contributed by atoms with Gasteiger partial charge in [-0.25, -0.2) is 0 Å². The molecule has 0 atom stereocenters. The van der Waals surface area contributed by atoms with E-state index < -0.39 is 0 Å². The highest BCUT2D eigenvalue weighted by molar-refractivity contribution is 7.99. The molecule has 0 saturated carbocycles. The highest BCUT2D eigenvalue weighted by Crippen LogP contribution is 2.43. The van der Waals surface area contributed by atoms with Crippen molar-refractivity contribution in [2.75, 3.05) is 0 Å². The molecular weight excluding hydrogens is 387 g/mol. The monoisotopic (exact) mass is 396 g/mol. The second-order valence-electron chi connectivity index (χ2n) is 5.11. The van der Waals surface area contributed by atoms with E-state index >= 15 is 0 Å². The van der Waals surface area contributed by atoms with E-state index in [0.29, 0.717) is 15.7 Å². The zero-order chi connectivity index (χ0) is 18.5. The maximum Gasteiger partial charge on any atom is 0.147 e. The maximum atomic E-state index is 9.49. The van der Waals surface area contributed by atoms with Crippen molar-refractivity contribution in [3.05, 3.63) is 81.8 Å². The predicted molar refractivity (Wildman–Crippen MR) is 103 cm³/mol. The molecule has 0 aromatic heterocycles. The van der Waals surface area contributed by atoms with Gasteiger partial charge in [0.25, 0.3) is 0 Å². The standard InChI is InChI=1S/C20H10Cl2N2OS/c21-16-8-4-5-9-18(16)26-19-10-17(25-13-6-2-1-3-7-13)14(11-23)15(12-24)20(19)22/h1-10H. The average molecular weight is 397 g/mol. The molecular formula is C20H10Cl2N2OS. The Morgan fingerprint density at radius 3 is 2.12 bits per heavy atom. The molecule has 0 heterocycles. The summed E-state index contributed by atoms with van der Waals surface area (Å²) in [5.41, 5.74) is 0.182. The lowest BCUT2D eigenvalue weighted by atomic mass is 10.1. The molecule has 0 aliphatic carbocycles. The fraction of sp³-hybridized carbons (Fsp3) is 0. The molecule has 26 heavy (non-hydrogen) atoms. The van der Waals surface area contributed by atoms with E-state index in [4.69, 9.17) is 27.9 Å². The van der Waals surface area contributed by atoms with Gasteiger partial charge in [-0.05, 0) is 30.3 Å². The van der Waals surface area contributed by atoms with Gasteiger partial charge in [0.05, 0.1) is 15.6 Å². The summed E-state index contributed by atoms with van der Waals surface area (Å²) < 4.78 is 5.83. The largest absolute Gasteiger partial charge is 0.456 e. The number of nitriles is 2. The van der Waals surface area contributed by atoms with E-state index in [-0.39, 0.29) is 21.9 Å². The van der Waals surface area contributed by atoms with Crippen LogP contribution in [-0.2, 0) is 0 Å². The van der Waals surface area contributed by atoms with Gasteiger partial charge in [-0.2, -0.15) is 10.5 Å². The second-order valence-corrected chi connectivity index (χ2v) is 6.98. The number of hydrogen-bond donors (Lipinski definition) is 0. The molecule has 0 N–H and O–H groups in total. The zero-order valence-electron chi connectivity index (χ0n) is 13.2. The van der Waals surface area contributed by atoms with Crippen LogP contribution in [0.1, 0.15) is 11.1 Å². The van der Waals surface area contributed by atoms with Crippen LogP contribution in [0.3, 0.4) is 0 Å². The van der Waals surface area contributed by atoms with Crippen LogP contribution in [0.5, 0.6) is 11.5 Å². The van der Waals surface area contributed by atoms with Crippen LogP contribution in [0, 0.1) is 22.7 Å². The normalized spacial score (nSPS) is 10.0. The van der Waals surface area contributed by atoms with E-state index in [0.717, 1.165) is 4.90 Å². The third-order valence-electron chi connectivity index (χ3n) is 3.45. The van der Waals surface area contributed by atoms with E-state index in [1.54, 1.807) is 24.3 Å². The second kappa shape index (κ2) is 8.17. The van der Waals surface area contributed by atoms with Gasteiger partial charge >= 0.3 is 0 Å². The van der Waals surface area contributed by atoms with Crippen molar-refractivity contribution < 1.29 is 4.74 Å². The summed E-state index contributed by atoms with van der Waals surface area (Å²) in [4.78, 5) is 1.37. The Bertz CT molecular complexity index is 1040. The maximum absolute atomic E-state index is 9.49. The van der Waals surface area contributed by atoms with Crippen molar-refractivity contribution in [2.24, 2.45) is 0 Å². The highest BCUT2D eigenvalue weighted by atomic mass is 35.5. The van der Waals surface area contributed by atoms with Gasteiger partial charge in [-0.3, -0.25) is 0 Å². The van der Waals surface area contributed by atoms with Gasteiger partial charge in [-0.15, -0.1) is 0 Å². The molecule has 0 amide bonds. The third-order valence-corrected chi connectivity index (χ3v) is 5.51. The lowest BCUT2D eigenvalue weighted by Gasteiger charge is -2.13. The van der Waals surface area contributed by atoms with Crippen molar-refractivity contribution in [1.82, 2.24) is 0 Å². The van der Waals surface area contributed by atoms with Crippen LogP contribution in [0.25, 0.3) is 0 Å². The van der Waals surface area contributed by atoms with Crippen LogP contribution in [0.2, 0.25) is 10.0 Å². The van der Waals surface area contributed by atoms with Crippen LogP contribution >= 0.6 is 35.0 Å². The zero-order valence-corrected chi connectivity index (χ0v) is 15.6. The summed E-state index contributed by atoms with van der Waals surface area (Å²) in [5, 5.41) is 19.8. The first-order valence-electron chi connectivity index (χ1n) is 7.46. The number of rotatable bonds is 4. The average Bonchev–Trinajstić information content (AvgIpc) is 2.66. The molecule has 3 rings (SSSR count). The van der Waals surface area contributed by atoms with Crippen molar-refractivity contribution in [3.8, 4) is 23.6 Å². The van der Waals surface area contributed by atoms with Gasteiger partial charge in [0, 0.05) is 9.79 Å². The molecule has 3 aromatic carbocycles. The van der Waals surface area contributed by atoms with E-state index in [1.807, 2.05) is 48.5 Å². The van der Waals surface area contributed by atoms with Gasteiger partial charge < -0.3 is 4.74 Å². The number of benzene rings is 3. The number of para-hydroxylation sites is 1. The van der Waals surface area contributed by atoms with Crippen LogP contribution in [-0.4, -0.2) is 0 Å². The summed E-state index contributed by atoms with van der Waals surface area (Å²) >= 11 is 13.9. The quantitative estimate of drug-likeness (QED) is 0.493. The number of hydrogen-bond acceptors (Lipinski definition) is 4. The summed E-state index contributed by atoms with van der Waals surface area (Å²) in [6.07, 6.45) is 0. The van der Waals surface area contributed by atoms with Gasteiger partial charge in [0.2, 0.25) is 0 Å². The molecule has 0 radical (unpaired) electrons. The summed E-state index contributed by atoms with van der Waals surface area (Å²) in [6, 6.07) is 22.0. The summed E-state index contributed by atoms with van der Waals surface area (Å²) in [5.74, 6) is 0.832. The lowest BCUT2D eigenvalue weighted by Crippen LogP contribution is -1.95. The molecule has 0 unspecified atom stereocenters. The molecule has 3 nitrogen and oxygen atoms in total. The minimum Gasteiger partial charge on any atom is -0.456 e. The molecule has 0 spiro atoms.